The minimum Gasteiger partial charge on any atom is -0.325 e. The minimum absolute atomic E-state index is 0.0375. The topological polar surface area (TPSA) is 105 Å². The summed E-state index contributed by atoms with van der Waals surface area (Å²) >= 11 is 10.8. The molecule has 0 radical (unpaired) electrons. The molecule has 1 heterocycles. The van der Waals surface area contributed by atoms with Crippen molar-refractivity contribution in [1.82, 2.24) is 10.5 Å². The second kappa shape index (κ2) is 6.69. The molecule has 116 valence electrons. The van der Waals surface area contributed by atoms with Gasteiger partial charge in [0.05, 0.1) is 11.3 Å². The summed E-state index contributed by atoms with van der Waals surface area (Å²) in [5, 5.41) is 0.558. The third kappa shape index (κ3) is 3.32. The smallest absolute Gasteiger partial charge is 0.325 e. The monoisotopic (exact) mass is 342 g/mol. The van der Waals surface area contributed by atoms with E-state index in [2.05, 4.69) is 5.43 Å². The zero-order valence-electron chi connectivity index (χ0n) is 11.1. The van der Waals surface area contributed by atoms with E-state index in [9.17, 15) is 14.4 Å². The highest BCUT2D eigenvalue weighted by molar-refractivity contribution is 7.80. The number of anilines is 1. The highest BCUT2D eigenvalue weighted by atomic mass is 35.5. The second-order valence-electron chi connectivity index (χ2n) is 4.24. The Balaban J connectivity index is 2.07. The highest BCUT2D eigenvalue weighted by Crippen LogP contribution is 2.19. The number of hydrogen-bond donors (Lipinski definition) is 2. The van der Waals surface area contributed by atoms with E-state index < -0.39 is 17.8 Å². The van der Waals surface area contributed by atoms with Gasteiger partial charge in [0.1, 0.15) is 0 Å². The molecule has 1 aromatic rings. The summed E-state index contributed by atoms with van der Waals surface area (Å²) in [4.78, 5) is 39.4. The maximum atomic E-state index is 11.9. The predicted molar refractivity (Wildman–Crippen MR) is 81.2 cm³/mol. The van der Waals surface area contributed by atoms with Crippen molar-refractivity contribution in [1.29, 1.82) is 0 Å². The van der Waals surface area contributed by atoms with E-state index in [0.717, 1.165) is 4.42 Å². The van der Waals surface area contributed by atoms with Crippen LogP contribution < -0.4 is 15.7 Å². The molecule has 0 atom stereocenters. The molecule has 1 fully saturated rings. The molecule has 1 aromatic carbocycles. The molecule has 8 nitrogen and oxygen atoms in total. The van der Waals surface area contributed by atoms with Gasteiger partial charge in [-0.15, -0.1) is 5.06 Å². The van der Waals surface area contributed by atoms with Gasteiger partial charge >= 0.3 is 5.97 Å². The molecule has 2 rings (SSSR count). The van der Waals surface area contributed by atoms with E-state index in [-0.39, 0.29) is 23.5 Å². The summed E-state index contributed by atoms with van der Waals surface area (Å²) in [6.07, 6.45) is 0.0750. The number of rotatable bonds is 3. The molecule has 1 aliphatic heterocycles. The van der Waals surface area contributed by atoms with Crippen LogP contribution in [-0.4, -0.2) is 28.0 Å². The number of carbonyl (C=O) groups excluding carboxylic acids is 3. The molecule has 22 heavy (non-hydrogen) atoms. The van der Waals surface area contributed by atoms with E-state index in [0.29, 0.717) is 10.8 Å². The number of hydrazine groups is 1. The lowest BCUT2D eigenvalue weighted by Crippen LogP contribution is -2.38. The van der Waals surface area contributed by atoms with Crippen LogP contribution in [0.1, 0.15) is 23.2 Å². The quantitative estimate of drug-likeness (QED) is 0.271. The highest BCUT2D eigenvalue weighted by Gasteiger charge is 2.33. The number of nitrogens with two attached hydrogens (primary N) is 1. The van der Waals surface area contributed by atoms with Gasteiger partial charge in [0.2, 0.25) is 5.11 Å². The number of amides is 2. The van der Waals surface area contributed by atoms with Crippen molar-refractivity contribution in [3.8, 4) is 0 Å². The van der Waals surface area contributed by atoms with Crippen LogP contribution in [0.15, 0.2) is 24.3 Å². The van der Waals surface area contributed by atoms with Crippen molar-refractivity contribution < 1.29 is 19.2 Å². The fourth-order valence-corrected chi connectivity index (χ4v) is 1.96. The molecular formula is C12H11ClN4O4S. The predicted octanol–water partition coefficient (Wildman–Crippen LogP) is 0.616. The van der Waals surface area contributed by atoms with Crippen LogP contribution in [0.5, 0.6) is 0 Å². The Morgan fingerprint density at radius 1 is 1.27 bits per heavy atom. The summed E-state index contributed by atoms with van der Waals surface area (Å²) in [6, 6.07) is 5.83. The molecule has 0 bridgehead atoms. The average Bonchev–Trinajstić information content (AvgIpc) is 2.85. The van der Waals surface area contributed by atoms with E-state index in [4.69, 9.17) is 34.7 Å². The number of benzene rings is 1. The van der Waals surface area contributed by atoms with Gasteiger partial charge in [0, 0.05) is 24.6 Å². The molecule has 2 amide bonds. The van der Waals surface area contributed by atoms with Crippen LogP contribution in [0.3, 0.4) is 0 Å². The normalized spacial score (nSPS) is 14.0. The first-order valence-electron chi connectivity index (χ1n) is 6.08. The van der Waals surface area contributed by atoms with E-state index in [1.807, 2.05) is 0 Å². The van der Waals surface area contributed by atoms with Gasteiger partial charge in [-0.3, -0.25) is 15.0 Å². The first-order chi connectivity index (χ1) is 10.4. The van der Waals surface area contributed by atoms with E-state index in [1.165, 1.54) is 24.3 Å². The van der Waals surface area contributed by atoms with Gasteiger partial charge in [-0.1, -0.05) is 0 Å². The summed E-state index contributed by atoms with van der Waals surface area (Å²) in [6.45, 7) is 0. The van der Waals surface area contributed by atoms with Gasteiger partial charge in [-0.2, -0.15) is 0 Å². The van der Waals surface area contributed by atoms with Gasteiger partial charge < -0.3 is 4.84 Å². The van der Waals surface area contributed by atoms with Gasteiger partial charge in [0.15, 0.2) is 0 Å². The average molecular weight is 343 g/mol. The first kappa shape index (κ1) is 16.1. The Morgan fingerprint density at radius 2 is 1.82 bits per heavy atom. The molecule has 0 spiro atoms. The molecule has 0 saturated carbocycles. The fourth-order valence-electron chi connectivity index (χ4n) is 1.70. The zero-order valence-corrected chi connectivity index (χ0v) is 12.7. The molecule has 10 heteroatoms. The SMILES string of the molecule is NNC(=S)N(Cl)c1ccc(C(=O)ON2C(=O)CCC2=O)cc1. The molecule has 3 N–H and O–H groups in total. The fraction of sp³-hybridized carbons (Fsp3) is 0.167. The third-order valence-corrected chi connectivity index (χ3v) is 3.58. The first-order valence-corrected chi connectivity index (χ1v) is 6.83. The van der Waals surface area contributed by atoms with Crippen LogP contribution in [0, 0.1) is 0 Å². The van der Waals surface area contributed by atoms with E-state index in [1.54, 1.807) is 0 Å². The lowest BCUT2D eigenvalue weighted by Gasteiger charge is -2.16. The molecule has 1 saturated heterocycles. The van der Waals surface area contributed by atoms with Crippen molar-refractivity contribution in [2.75, 3.05) is 4.42 Å². The van der Waals surface area contributed by atoms with Crippen LogP contribution in [0.25, 0.3) is 0 Å². The number of carbonyl (C=O) groups is 3. The maximum absolute atomic E-state index is 11.9. The molecular weight excluding hydrogens is 332 g/mol. The van der Waals surface area contributed by atoms with Crippen molar-refractivity contribution in [2.45, 2.75) is 12.8 Å². The minimum atomic E-state index is -0.823. The van der Waals surface area contributed by atoms with Crippen LogP contribution in [-0.2, 0) is 14.4 Å². The number of hydrogen-bond acceptors (Lipinski definition) is 6. The molecule has 1 aliphatic rings. The lowest BCUT2D eigenvalue weighted by atomic mass is 10.2. The Bertz CT molecular complexity index is 621. The van der Waals surface area contributed by atoms with Crippen LogP contribution in [0.2, 0.25) is 0 Å². The van der Waals surface area contributed by atoms with Gasteiger partial charge in [0.25, 0.3) is 11.8 Å². The van der Waals surface area contributed by atoms with Crippen LogP contribution >= 0.6 is 24.0 Å². The van der Waals surface area contributed by atoms with Gasteiger partial charge in [-0.25, -0.2) is 15.1 Å². The molecule has 0 aromatic heterocycles. The number of nitrogens with zero attached hydrogens (tertiary/aromatic N) is 2. The second-order valence-corrected chi connectivity index (χ2v) is 4.96. The largest absolute Gasteiger partial charge is 0.363 e. The van der Waals surface area contributed by atoms with Crippen LogP contribution in [0.4, 0.5) is 5.69 Å². The number of thiocarbonyl (C=S) groups is 1. The summed E-state index contributed by atoms with van der Waals surface area (Å²) in [5.74, 6) is 3.24. The Kier molecular flexibility index (Phi) is 4.91. The Morgan fingerprint density at radius 3 is 2.32 bits per heavy atom. The number of hydroxylamine groups is 2. The number of nitrogens with one attached hydrogen (secondary N) is 1. The number of imide groups is 1. The zero-order chi connectivity index (χ0) is 16.3. The van der Waals surface area contributed by atoms with Gasteiger partial charge in [-0.05, 0) is 36.5 Å². The van der Waals surface area contributed by atoms with E-state index >= 15 is 0 Å². The van der Waals surface area contributed by atoms with Crippen molar-refractivity contribution >= 4 is 52.6 Å². The Labute approximate surface area is 135 Å². The summed E-state index contributed by atoms with van der Waals surface area (Å²) in [5.41, 5.74) is 2.82. The van der Waals surface area contributed by atoms with Crippen molar-refractivity contribution in [3.05, 3.63) is 29.8 Å². The third-order valence-electron chi connectivity index (χ3n) is 2.81. The Hall–Kier alpha value is -2.23. The number of halogens is 1. The van der Waals surface area contributed by atoms with Crippen molar-refractivity contribution in [3.63, 3.8) is 0 Å². The molecule has 0 aliphatic carbocycles. The lowest BCUT2D eigenvalue weighted by molar-refractivity contribution is -0.172. The summed E-state index contributed by atoms with van der Waals surface area (Å²) < 4.78 is 1.08. The van der Waals surface area contributed by atoms with Crippen molar-refractivity contribution in [2.24, 2.45) is 5.84 Å². The molecule has 0 unspecified atom stereocenters. The standard InChI is InChI=1S/C12H11ClN4O4S/c13-16(12(22)15-14)8-3-1-7(2-4-8)11(20)21-17-9(18)5-6-10(17)19/h1-4H,5-6,14H2,(H,15,22). The maximum Gasteiger partial charge on any atom is 0.363 e. The summed E-state index contributed by atoms with van der Waals surface area (Å²) in [7, 11) is 0.